The maximum absolute atomic E-state index is 13.5. The molecule has 1 aliphatic rings. The molecule has 20 heavy (non-hydrogen) atoms. The van der Waals surface area contributed by atoms with Crippen molar-refractivity contribution in [3.05, 3.63) is 34.6 Å². The number of halogens is 2. The first-order chi connectivity index (χ1) is 9.65. The summed E-state index contributed by atoms with van der Waals surface area (Å²) >= 11 is 6.04. The lowest BCUT2D eigenvalue weighted by Gasteiger charge is -2.36. The zero-order valence-electron chi connectivity index (χ0n) is 12.0. The summed E-state index contributed by atoms with van der Waals surface area (Å²) in [6.45, 7) is 5.80. The van der Waals surface area contributed by atoms with Gasteiger partial charge in [-0.3, -0.25) is 4.90 Å². The number of benzene rings is 1. The molecular formula is C15H22ClFN2O. The normalized spacial score (nSPS) is 21.9. The molecule has 0 bridgehead atoms. The van der Waals surface area contributed by atoms with Crippen LogP contribution >= 0.6 is 11.6 Å². The monoisotopic (exact) mass is 300 g/mol. The molecule has 1 N–H and O–H groups in total. The summed E-state index contributed by atoms with van der Waals surface area (Å²) in [6, 6.07) is 5.08. The number of nitrogens with one attached hydrogen (secondary N) is 1. The number of hydrogen-bond donors (Lipinski definition) is 1. The van der Waals surface area contributed by atoms with E-state index in [-0.39, 0.29) is 23.0 Å². The standard InChI is InChI=1S/C15H22ClFN2O/c1-3-19-7-8-20-14(10-19)13(18-2)9-11-5-4-6-12(17)15(11)16/h4-6,13-14,18H,3,7-10H2,1-2H3. The molecule has 0 aliphatic carbocycles. The van der Waals surface area contributed by atoms with E-state index in [1.54, 1.807) is 6.07 Å². The fraction of sp³-hybridized carbons (Fsp3) is 0.600. The molecule has 3 nitrogen and oxygen atoms in total. The predicted octanol–water partition coefficient (Wildman–Crippen LogP) is 2.33. The summed E-state index contributed by atoms with van der Waals surface area (Å²) in [7, 11) is 1.91. The van der Waals surface area contributed by atoms with Gasteiger partial charge in [-0.15, -0.1) is 0 Å². The molecule has 0 saturated carbocycles. The zero-order valence-corrected chi connectivity index (χ0v) is 12.8. The fourth-order valence-electron chi connectivity index (χ4n) is 2.62. The molecular weight excluding hydrogens is 279 g/mol. The van der Waals surface area contributed by atoms with E-state index < -0.39 is 0 Å². The average molecular weight is 301 g/mol. The van der Waals surface area contributed by atoms with Crippen LogP contribution in [-0.4, -0.2) is 50.3 Å². The van der Waals surface area contributed by atoms with Gasteiger partial charge in [-0.1, -0.05) is 30.7 Å². The summed E-state index contributed by atoms with van der Waals surface area (Å²) in [6.07, 6.45) is 0.767. The first kappa shape index (κ1) is 15.7. The van der Waals surface area contributed by atoms with Gasteiger partial charge in [-0.2, -0.15) is 0 Å². The minimum atomic E-state index is -0.362. The van der Waals surface area contributed by atoms with Crippen LogP contribution in [0.3, 0.4) is 0 Å². The Hall–Kier alpha value is -0.680. The maximum Gasteiger partial charge on any atom is 0.142 e. The smallest absolute Gasteiger partial charge is 0.142 e. The minimum Gasteiger partial charge on any atom is -0.374 e. The average Bonchev–Trinajstić information content (AvgIpc) is 2.49. The summed E-state index contributed by atoms with van der Waals surface area (Å²) in [5.74, 6) is -0.362. The van der Waals surface area contributed by atoms with Gasteiger partial charge in [-0.05, 0) is 31.6 Å². The second-order valence-electron chi connectivity index (χ2n) is 5.11. The third kappa shape index (κ3) is 3.70. The highest BCUT2D eigenvalue weighted by Crippen LogP contribution is 2.22. The summed E-state index contributed by atoms with van der Waals surface area (Å²) in [4.78, 5) is 2.37. The Balaban J connectivity index is 2.06. The topological polar surface area (TPSA) is 24.5 Å². The quantitative estimate of drug-likeness (QED) is 0.903. The van der Waals surface area contributed by atoms with E-state index in [0.717, 1.165) is 31.8 Å². The van der Waals surface area contributed by atoms with Crippen molar-refractivity contribution in [2.24, 2.45) is 0 Å². The third-order valence-corrected chi connectivity index (χ3v) is 4.34. The van der Waals surface area contributed by atoms with Crippen molar-refractivity contribution in [3.63, 3.8) is 0 Å². The van der Waals surface area contributed by atoms with Crippen molar-refractivity contribution >= 4 is 11.6 Å². The van der Waals surface area contributed by atoms with Gasteiger partial charge in [-0.25, -0.2) is 4.39 Å². The number of nitrogens with zero attached hydrogens (tertiary/aromatic N) is 1. The highest BCUT2D eigenvalue weighted by Gasteiger charge is 2.27. The Bertz CT molecular complexity index is 444. The molecule has 5 heteroatoms. The molecule has 2 rings (SSSR count). The van der Waals surface area contributed by atoms with Crippen molar-refractivity contribution in [1.29, 1.82) is 0 Å². The van der Waals surface area contributed by atoms with Crippen molar-refractivity contribution in [1.82, 2.24) is 10.2 Å². The molecule has 1 aromatic carbocycles. The molecule has 2 unspecified atom stereocenters. The molecule has 1 aromatic rings. The molecule has 1 heterocycles. The molecule has 0 radical (unpaired) electrons. The molecule has 1 saturated heterocycles. The first-order valence-electron chi connectivity index (χ1n) is 7.09. The van der Waals surface area contributed by atoms with Gasteiger partial charge in [0.15, 0.2) is 0 Å². The zero-order chi connectivity index (χ0) is 14.5. The molecule has 1 fully saturated rings. The number of hydrogen-bond acceptors (Lipinski definition) is 3. The summed E-state index contributed by atoms with van der Waals surface area (Å²) < 4.78 is 19.4. The Morgan fingerprint density at radius 2 is 2.35 bits per heavy atom. The largest absolute Gasteiger partial charge is 0.374 e. The number of morpholine rings is 1. The Morgan fingerprint density at radius 1 is 1.55 bits per heavy atom. The lowest BCUT2D eigenvalue weighted by atomic mass is 10.00. The number of ether oxygens (including phenoxy) is 1. The van der Waals surface area contributed by atoms with Gasteiger partial charge < -0.3 is 10.1 Å². The fourth-order valence-corrected chi connectivity index (χ4v) is 2.83. The third-order valence-electron chi connectivity index (χ3n) is 3.92. The van der Waals surface area contributed by atoms with Crippen molar-refractivity contribution < 1.29 is 9.13 Å². The van der Waals surface area contributed by atoms with Crippen LogP contribution in [0.15, 0.2) is 18.2 Å². The summed E-state index contributed by atoms with van der Waals surface area (Å²) in [5, 5.41) is 3.50. The molecule has 0 spiro atoms. The molecule has 0 amide bonds. The molecule has 1 aliphatic heterocycles. The van der Waals surface area contributed by atoms with Crippen LogP contribution in [0.4, 0.5) is 4.39 Å². The second kappa shape index (κ2) is 7.36. The highest BCUT2D eigenvalue weighted by molar-refractivity contribution is 6.31. The van der Waals surface area contributed by atoms with Crippen molar-refractivity contribution in [3.8, 4) is 0 Å². The van der Waals surface area contributed by atoms with Crippen molar-refractivity contribution in [2.45, 2.75) is 25.5 Å². The van der Waals surface area contributed by atoms with Gasteiger partial charge in [0.2, 0.25) is 0 Å². The number of rotatable bonds is 5. The summed E-state index contributed by atoms with van der Waals surface area (Å²) in [5.41, 5.74) is 0.822. The number of likely N-dealkylation sites (N-methyl/N-ethyl adjacent to an activating group) is 2. The van der Waals surface area contributed by atoms with Crippen LogP contribution in [0.25, 0.3) is 0 Å². The van der Waals surface area contributed by atoms with E-state index in [1.165, 1.54) is 6.07 Å². The van der Waals surface area contributed by atoms with E-state index in [4.69, 9.17) is 16.3 Å². The van der Waals surface area contributed by atoms with E-state index in [9.17, 15) is 4.39 Å². The van der Waals surface area contributed by atoms with E-state index >= 15 is 0 Å². The minimum absolute atomic E-state index is 0.105. The van der Waals surface area contributed by atoms with Crippen LogP contribution in [0.1, 0.15) is 12.5 Å². The molecule has 112 valence electrons. The van der Waals surface area contributed by atoms with Crippen LogP contribution in [0, 0.1) is 5.82 Å². The molecule has 2 atom stereocenters. The Labute approximate surface area is 125 Å². The lowest BCUT2D eigenvalue weighted by molar-refractivity contribution is -0.0436. The maximum atomic E-state index is 13.5. The van der Waals surface area contributed by atoms with Gasteiger partial charge in [0.1, 0.15) is 5.82 Å². The van der Waals surface area contributed by atoms with Gasteiger partial charge in [0.05, 0.1) is 17.7 Å². The van der Waals surface area contributed by atoms with Crippen LogP contribution < -0.4 is 5.32 Å². The van der Waals surface area contributed by atoms with E-state index in [2.05, 4.69) is 17.1 Å². The highest BCUT2D eigenvalue weighted by atomic mass is 35.5. The van der Waals surface area contributed by atoms with E-state index in [1.807, 2.05) is 13.1 Å². The van der Waals surface area contributed by atoms with Gasteiger partial charge in [0.25, 0.3) is 0 Å². The SMILES string of the molecule is CCN1CCOC(C(Cc2cccc(F)c2Cl)NC)C1. The molecule has 0 aromatic heterocycles. The van der Waals surface area contributed by atoms with Crippen LogP contribution in [0.2, 0.25) is 5.02 Å². The van der Waals surface area contributed by atoms with Crippen LogP contribution in [-0.2, 0) is 11.2 Å². The van der Waals surface area contributed by atoms with Gasteiger partial charge in [0, 0.05) is 19.1 Å². The Kier molecular flexibility index (Phi) is 5.78. The predicted molar refractivity (Wildman–Crippen MR) is 79.8 cm³/mol. The Morgan fingerprint density at radius 3 is 3.05 bits per heavy atom. The lowest BCUT2D eigenvalue weighted by Crippen LogP contribution is -2.52. The first-order valence-corrected chi connectivity index (χ1v) is 7.47. The van der Waals surface area contributed by atoms with Gasteiger partial charge >= 0.3 is 0 Å². The van der Waals surface area contributed by atoms with Crippen molar-refractivity contribution in [2.75, 3.05) is 33.3 Å². The second-order valence-corrected chi connectivity index (χ2v) is 5.49. The van der Waals surface area contributed by atoms with Crippen LogP contribution in [0.5, 0.6) is 0 Å². The van der Waals surface area contributed by atoms with E-state index in [0.29, 0.717) is 6.42 Å².